The maximum atomic E-state index is 9.89. The van der Waals surface area contributed by atoms with E-state index in [1.165, 1.54) is 0 Å². The lowest BCUT2D eigenvalue weighted by Crippen LogP contribution is -2.02. The highest BCUT2D eigenvalue weighted by Gasteiger charge is 2.14. The molecule has 7 heteroatoms. The zero-order valence-corrected chi connectivity index (χ0v) is 14.6. The first-order valence-corrected chi connectivity index (χ1v) is 8.26. The van der Waals surface area contributed by atoms with Crippen molar-refractivity contribution in [3.8, 4) is 11.8 Å². The second-order valence-corrected chi connectivity index (χ2v) is 6.28. The fraction of sp³-hybridized carbons (Fsp3) is 0.111. The number of nitrogens with zero attached hydrogens (tertiary/aromatic N) is 2. The molecular formula is C18H14Cl2N4O. The molecule has 0 spiro atoms. The van der Waals surface area contributed by atoms with Crippen LogP contribution in [-0.2, 0) is 13.0 Å². The fourth-order valence-electron chi connectivity index (χ4n) is 2.50. The lowest BCUT2D eigenvalue weighted by molar-refractivity contribution is 0.469. The van der Waals surface area contributed by atoms with E-state index < -0.39 is 0 Å². The molecule has 0 fully saturated rings. The third-order valence-electron chi connectivity index (χ3n) is 3.75. The molecule has 0 bridgehead atoms. The van der Waals surface area contributed by atoms with E-state index in [0.29, 0.717) is 39.1 Å². The molecule has 126 valence electrons. The van der Waals surface area contributed by atoms with Gasteiger partial charge in [0.15, 0.2) is 5.82 Å². The zero-order chi connectivity index (χ0) is 17.8. The number of aromatic nitrogens is 2. The molecule has 3 rings (SSSR count). The van der Waals surface area contributed by atoms with Crippen molar-refractivity contribution >= 4 is 29.0 Å². The minimum Gasteiger partial charge on any atom is -0.508 e. The normalized spacial score (nSPS) is 10.4. The highest BCUT2D eigenvalue weighted by atomic mass is 35.5. The summed E-state index contributed by atoms with van der Waals surface area (Å²) in [5.74, 6) is 0.507. The number of nitriles is 1. The number of benzene rings is 2. The number of H-pyrrole nitrogens is 1. The second kappa shape index (κ2) is 7.47. The summed E-state index contributed by atoms with van der Waals surface area (Å²) in [4.78, 5) is 0. The standard InChI is InChI=1S/C18H14Cl2N4O/c19-12-4-1-3-11(7-12)8-16-13(9-21)18(24-23-16)22-10-14-15(20)5-2-6-17(14)25/h1-7,25H,8,10H2,(H2,22,23,24). The number of phenolic OH excluding ortho intramolecular Hbond substituents is 1. The Morgan fingerprint density at radius 1 is 1.20 bits per heavy atom. The number of nitrogens with one attached hydrogen (secondary N) is 2. The van der Waals surface area contributed by atoms with E-state index >= 15 is 0 Å². The van der Waals surface area contributed by atoms with E-state index in [0.717, 1.165) is 5.56 Å². The summed E-state index contributed by atoms with van der Waals surface area (Å²) in [5, 5.41) is 30.5. The molecular weight excluding hydrogens is 359 g/mol. The number of anilines is 1. The van der Waals surface area contributed by atoms with Gasteiger partial charge in [-0.1, -0.05) is 41.4 Å². The van der Waals surface area contributed by atoms with Gasteiger partial charge in [0.1, 0.15) is 17.4 Å². The van der Waals surface area contributed by atoms with E-state index in [2.05, 4.69) is 21.6 Å². The number of hydrogen-bond acceptors (Lipinski definition) is 4. The molecule has 0 amide bonds. The van der Waals surface area contributed by atoms with Crippen LogP contribution in [0.25, 0.3) is 0 Å². The molecule has 5 nitrogen and oxygen atoms in total. The molecule has 0 saturated carbocycles. The summed E-state index contributed by atoms with van der Waals surface area (Å²) in [5.41, 5.74) is 2.64. The van der Waals surface area contributed by atoms with Crippen molar-refractivity contribution < 1.29 is 5.11 Å². The first-order chi connectivity index (χ1) is 12.1. The number of phenols is 1. The Morgan fingerprint density at radius 3 is 2.72 bits per heavy atom. The number of aromatic hydroxyl groups is 1. The minimum absolute atomic E-state index is 0.0909. The van der Waals surface area contributed by atoms with Gasteiger partial charge >= 0.3 is 0 Å². The van der Waals surface area contributed by atoms with Crippen LogP contribution in [-0.4, -0.2) is 15.3 Å². The second-order valence-electron chi connectivity index (χ2n) is 5.44. The summed E-state index contributed by atoms with van der Waals surface area (Å²) in [6.45, 7) is 0.252. The predicted molar refractivity (Wildman–Crippen MR) is 98.0 cm³/mol. The molecule has 3 N–H and O–H groups in total. The Bertz CT molecular complexity index is 926. The van der Waals surface area contributed by atoms with Crippen LogP contribution in [0, 0.1) is 11.3 Å². The van der Waals surface area contributed by atoms with Gasteiger partial charge in [-0.05, 0) is 29.8 Å². The molecule has 0 unspecified atom stereocenters. The molecule has 0 aliphatic carbocycles. The van der Waals surface area contributed by atoms with Gasteiger partial charge in [0.2, 0.25) is 0 Å². The fourth-order valence-corrected chi connectivity index (χ4v) is 2.95. The highest BCUT2D eigenvalue weighted by molar-refractivity contribution is 6.31. The Hall–Kier alpha value is -2.68. The third-order valence-corrected chi connectivity index (χ3v) is 4.34. The molecule has 0 atom stereocenters. The van der Waals surface area contributed by atoms with Crippen molar-refractivity contribution in [3.05, 3.63) is 74.9 Å². The molecule has 0 radical (unpaired) electrons. The van der Waals surface area contributed by atoms with Gasteiger partial charge in [-0.3, -0.25) is 5.10 Å². The first kappa shape index (κ1) is 17.2. The van der Waals surface area contributed by atoms with Crippen LogP contribution in [0.3, 0.4) is 0 Å². The summed E-state index contributed by atoms with van der Waals surface area (Å²) in [6, 6.07) is 14.5. The number of aromatic amines is 1. The van der Waals surface area contributed by atoms with Crippen LogP contribution < -0.4 is 5.32 Å². The molecule has 2 aromatic carbocycles. The lowest BCUT2D eigenvalue weighted by atomic mass is 10.1. The molecule has 0 aliphatic rings. The van der Waals surface area contributed by atoms with E-state index in [1.807, 2.05) is 18.2 Å². The Morgan fingerprint density at radius 2 is 2.00 bits per heavy atom. The van der Waals surface area contributed by atoms with Crippen molar-refractivity contribution in [2.45, 2.75) is 13.0 Å². The molecule has 25 heavy (non-hydrogen) atoms. The van der Waals surface area contributed by atoms with Crippen LogP contribution in [0.5, 0.6) is 5.75 Å². The summed E-state index contributed by atoms with van der Waals surface area (Å²) < 4.78 is 0. The monoisotopic (exact) mass is 372 g/mol. The lowest BCUT2D eigenvalue weighted by Gasteiger charge is -2.08. The number of halogens is 2. The van der Waals surface area contributed by atoms with E-state index in [4.69, 9.17) is 23.2 Å². The summed E-state index contributed by atoms with van der Waals surface area (Å²) in [7, 11) is 0. The Kier molecular flexibility index (Phi) is 5.13. The predicted octanol–water partition coefficient (Wildman–Crippen LogP) is 4.50. The molecule has 1 aromatic heterocycles. The van der Waals surface area contributed by atoms with Gasteiger partial charge in [0.05, 0.1) is 5.69 Å². The van der Waals surface area contributed by atoms with E-state index in [-0.39, 0.29) is 12.3 Å². The maximum absolute atomic E-state index is 9.89. The summed E-state index contributed by atoms with van der Waals surface area (Å²) >= 11 is 12.1. The molecule has 0 aliphatic heterocycles. The van der Waals surface area contributed by atoms with Crippen LogP contribution in [0.4, 0.5) is 5.82 Å². The van der Waals surface area contributed by atoms with Crippen molar-refractivity contribution in [2.75, 3.05) is 5.32 Å². The largest absolute Gasteiger partial charge is 0.508 e. The molecule has 1 heterocycles. The van der Waals surface area contributed by atoms with Crippen molar-refractivity contribution in [3.63, 3.8) is 0 Å². The Labute approximate surface area is 154 Å². The van der Waals surface area contributed by atoms with Gasteiger partial charge in [-0.15, -0.1) is 0 Å². The van der Waals surface area contributed by atoms with E-state index in [9.17, 15) is 10.4 Å². The zero-order valence-electron chi connectivity index (χ0n) is 13.1. The van der Waals surface area contributed by atoms with Crippen LogP contribution >= 0.6 is 23.2 Å². The third kappa shape index (κ3) is 3.87. The average molecular weight is 373 g/mol. The Balaban J connectivity index is 1.80. The molecule has 0 saturated heterocycles. The SMILES string of the molecule is N#Cc1c(NCc2c(O)cccc2Cl)n[nH]c1Cc1cccc(Cl)c1. The van der Waals surface area contributed by atoms with E-state index in [1.54, 1.807) is 24.3 Å². The van der Waals surface area contributed by atoms with Gasteiger partial charge in [-0.2, -0.15) is 10.4 Å². The van der Waals surface area contributed by atoms with Crippen molar-refractivity contribution in [2.24, 2.45) is 0 Å². The number of hydrogen-bond donors (Lipinski definition) is 3. The van der Waals surface area contributed by atoms with Gasteiger partial charge in [0, 0.05) is 28.6 Å². The average Bonchev–Trinajstić information content (AvgIpc) is 2.96. The quantitative estimate of drug-likeness (QED) is 0.615. The van der Waals surface area contributed by atoms with Crippen LogP contribution in [0.2, 0.25) is 10.0 Å². The van der Waals surface area contributed by atoms with Crippen molar-refractivity contribution in [1.29, 1.82) is 5.26 Å². The first-order valence-electron chi connectivity index (χ1n) is 7.50. The minimum atomic E-state index is 0.0909. The highest BCUT2D eigenvalue weighted by Crippen LogP contribution is 2.27. The smallest absolute Gasteiger partial charge is 0.166 e. The van der Waals surface area contributed by atoms with Crippen molar-refractivity contribution in [1.82, 2.24) is 10.2 Å². The van der Waals surface area contributed by atoms with Gasteiger partial charge in [0.25, 0.3) is 0 Å². The summed E-state index contributed by atoms with van der Waals surface area (Å²) in [6.07, 6.45) is 0.509. The van der Waals surface area contributed by atoms with Gasteiger partial charge < -0.3 is 10.4 Å². The molecule has 3 aromatic rings. The van der Waals surface area contributed by atoms with Crippen LogP contribution in [0.15, 0.2) is 42.5 Å². The van der Waals surface area contributed by atoms with Crippen LogP contribution in [0.1, 0.15) is 22.4 Å². The van der Waals surface area contributed by atoms with Gasteiger partial charge in [-0.25, -0.2) is 0 Å². The number of rotatable bonds is 5. The topological polar surface area (TPSA) is 84.7 Å². The maximum Gasteiger partial charge on any atom is 0.166 e.